The second-order valence-corrected chi connectivity index (χ2v) is 4.19. The Morgan fingerprint density at radius 2 is 2.18 bits per heavy atom. The maximum absolute atomic E-state index is 8.70. The van der Waals surface area contributed by atoms with E-state index < -0.39 is 0 Å². The molecule has 1 rings (SSSR count). The molecule has 0 spiro atoms. The topological polar surface area (TPSA) is 45.6 Å². The van der Waals surface area contributed by atoms with Gasteiger partial charge in [-0.05, 0) is 38.9 Å². The molecule has 0 unspecified atom stereocenters. The Kier molecular flexibility index (Phi) is 6.58. The molecule has 1 heterocycles. The van der Waals surface area contributed by atoms with Crippen LogP contribution in [0.15, 0.2) is 18.3 Å². The predicted molar refractivity (Wildman–Crippen MR) is 68.1 cm³/mol. The summed E-state index contributed by atoms with van der Waals surface area (Å²) in [7, 11) is 3.73. The van der Waals surface area contributed by atoms with Crippen LogP contribution in [0.2, 0.25) is 0 Å². The van der Waals surface area contributed by atoms with Crippen LogP contribution in [0.25, 0.3) is 0 Å². The Bertz CT molecular complexity index is 318. The SMILES string of the molecule is COc1ncccc1CN(C)CCCCCO. The molecule has 96 valence electrons. The molecule has 4 nitrogen and oxygen atoms in total. The Hall–Kier alpha value is -1.13. The molecule has 0 saturated heterocycles. The van der Waals surface area contributed by atoms with E-state index in [-0.39, 0.29) is 0 Å². The van der Waals surface area contributed by atoms with Crippen LogP contribution in [0.5, 0.6) is 5.88 Å². The van der Waals surface area contributed by atoms with E-state index >= 15 is 0 Å². The summed E-state index contributed by atoms with van der Waals surface area (Å²) in [6, 6.07) is 3.97. The number of rotatable bonds is 8. The van der Waals surface area contributed by atoms with Crippen LogP contribution in [0, 0.1) is 0 Å². The molecule has 0 bridgehead atoms. The summed E-state index contributed by atoms with van der Waals surface area (Å²) in [5.74, 6) is 0.703. The van der Waals surface area contributed by atoms with Gasteiger partial charge in [0.15, 0.2) is 0 Å². The number of aliphatic hydroxyl groups is 1. The number of aromatic nitrogens is 1. The smallest absolute Gasteiger partial charge is 0.217 e. The van der Waals surface area contributed by atoms with Crippen molar-refractivity contribution in [1.82, 2.24) is 9.88 Å². The predicted octanol–water partition coefficient (Wildman–Crippen LogP) is 1.68. The van der Waals surface area contributed by atoms with Crippen molar-refractivity contribution in [2.24, 2.45) is 0 Å². The first-order chi connectivity index (χ1) is 8.27. The molecule has 0 fully saturated rings. The average molecular weight is 238 g/mol. The van der Waals surface area contributed by atoms with Crippen molar-refractivity contribution in [3.8, 4) is 5.88 Å². The first kappa shape index (κ1) is 13.9. The van der Waals surface area contributed by atoms with E-state index in [4.69, 9.17) is 9.84 Å². The molecule has 0 aliphatic rings. The molecule has 1 N–H and O–H groups in total. The van der Waals surface area contributed by atoms with E-state index in [0.717, 1.165) is 37.9 Å². The third-order valence-electron chi connectivity index (χ3n) is 2.68. The average Bonchev–Trinajstić information content (AvgIpc) is 2.35. The van der Waals surface area contributed by atoms with Crippen LogP contribution in [-0.4, -0.2) is 42.3 Å². The summed E-state index contributed by atoms with van der Waals surface area (Å²) in [4.78, 5) is 6.42. The number of ether oxygens (including phenoxy) is 1. The number of aliphatic hydroxyl groups excluding tert-OH is 1. The van der Waals surface area contributed by atoms with Crippen molar-refractivity contribution in [3.05, 3.63) is 23.9 Å². The molecule has 0 radical (unpaired) electrons. The lowest BCUT2D eigenvalue weighted by Crippen LogP contribution is -2.19. The Morgan fingerprint density at radius 1 is 1.35 bits per heavy atom. The van der Waals surface area contributed by atoms with E-state index in [0.29, 0.717) is 12.5 Å². The first-order valence-corrected chi connectivity index (χ1v) is 6.05. The van der Waals surface area contributed by atoms with Crippen LogP contribution in [0.4, 0.5) is 0 Å². The van der Waals surface area contributed by atoms with Gasteiger partial charge >= 0.3 is 0 Å². The van der Waals surface area contributed by atoms with E-state index in [1.54, 1.807) is 13.3 Å². The molecular formula is C13H22N2O2. The van der Waals surface area contributed by atoms with Gasteiger partial charge in [-0.1, -0.05) is 6.07 Å². The fourth-order valence-corrected chi connectivity index (χ4v) is 1.77. The third kappa shape index (κ3) is 5.15. The lowest BCUT2D eigenvalue weighted by molar-refractivity contribution is 0.269. The van der Waals surface area contributed by atoms with Crippen LogP contribution < -0.4 is 4.74 Å². The summed E-state index contributed by atoms with van der Waals surface area (Å²) >= 11 is 0. The van der Waals surface area contributed by atoms with Gasteiger partial charge in [0.1, 0.15) is 0 Å². The molecule has 0 aromatic carbocycles. The maximum atomic E-state index is 8.70. The number of hydrogen-bond donors (Lipinski definition) is 1. The molecule has 17 heavy (non-hydrogen) atoms. The Labute approximate surface area is 103 Å². The number of unbranched alkanes of at least 4 members (excludes halogenated alkanes) is 2. The molecule has 0 saturated carbocycles. The van der Waals surface area contributed by atoms with Gasteiger partial charge in [-0.3, -0.25) is 0 Å². The van der Waals surface area contributed by atoms with Crippen molar-refractivity contribution in [1.29, 1.82) is 0 Å². The number of hydrogen-bond acceptors (Lipinski definition) is 4. The van der Waals surface area contributed by atoms with Crippen molar-refractivity contribution in [3.63, 3.8) is 0 Å². The highest BCUT2D eigenvalue weighted by atomic mass is 16.5. The zero-order valence-electron chi connectivity index (χ0n) is 10.7. The van der Waals surface area contributed by atoms with Gasteiger partial charge in [0.05, 0.1) is 7.11 Å². The van der Waals surface area contributed by atoms with E-state index in [1.807, 2.05) is 12.1 Å². The second kappa shape index (κ2) is 8.03. The van der Waals surface area contributed by atoms with Gasteiger partial charge in [-0.2, -0.15) is 0 Å². The number of pyridine rings is 1. The fourth-order valence-electron chi connectivity index (χ4n) is 1.77. The van der Waals surface area contributed by atoms with Gasteiger partial charge in [0.2, 0.25) is 5.88 Å². The highest BCUT2D eigenvalue weighted by Gasteiger charge is 2.06. The van der Waals surface area contributed by atoms with Crippen LogP contribution in [0.1, 0.15) is 24.8 Å². The van der Waals surface area contributed by atoms with E-state index in [2.05, 4.69) is 16.9 Å². The summed E-state index contributed by atoms with van der Waals surface area (Å²) < 4.78 is 5.22. The Balaban J connectivity index is 2.36. The molecule has 0 amide bonds. The highest BCUT2D eigenvalue weighted by molar-refractivity contribution is 5.24. The summed E-state index contributed by atoms with van der Waals surface area (Å²) in [5.41, 5.74) is 1.11. The van der Waals surface area contributed by atoms with Crippen LogP contribution in [-0.2, 0) is 6.54 Å². The van der Waals surface area contributed by atoms with Crippen molar-refractivity contribution in [2.75, 3.05) is 27.3 Å². The molecule has 1 aromatic heterocycles. The van der Waals surface area contributed by atoms with Gasteiger partial charge < -0.3 is 14.7 Å². The van der Waals surface area contributed by atoms with Crippen molar-refractivity contribution < 1.29 is 9.84 Å². The number of nitrogens with zero attached hydrogens (tertiary/aromatic N) is 2. The van der Waals surface area contributed by atoms with Crippen molar-refractivity contribution >= 4 is 0 Å². The van der Waals surface area contributed by atoms with Crippen molar-refractivity contribution in [2.45, 2.75) is 25.8 Å². The standard InChI is InChI=1S/C13H22N2O2/c1-15(9-4-3-5-10-16)11-12-7-6-8-14-13(12)17-2/h6-8,16H,3-5,9-11H2,1-2H3. The molecule has 1 aromatic rings. The van der Waals surface area contributed by atoms with E-state index in [9.17, 15) is 0 Å². The van der Waals surface area contributed by atoms with Gasteiger partial charge in [0, 0.05) is 24.9 Å². The van der Waals surface area contributed by atoms with E-state index in [1.165, 1.54) is 0 Å². The number of methoxy groups -OCH3 is 1. The fraction of sp³-hybridized carbons (Fsp3) is 0.615. The summed E-state index contributed by atoms with van der Waals surface area (Å²) in [6.07, 6.45) is 4.82. The highest BCUT2D eigenvalue weighted by Crippen LogP contribution is 2.15. The minimum absolute atomic E-state index is 0.292. The summed E-state index contributed by atoms with van der Waals surface area (Å²) in [5, 5.41) is 8.70. The van der Waals surface area contributed by atoms with Gasteiger partial charge in [-0.25, -0.2) is 4.98 Å². The van der Waals surface area contributed by atoms with Gasteiger partial charge in [-0.15, -0.1) is 0 Å². The maximum Gasteiger partial charge on any atom is 0.217 e. The molecule has 0 aliphatic carbocycles. The molecule has 4 heteroatoms. The third-order valence-corrected chi connectivity index (χ3v) is 2.68. The van der Waals surface area contributed by atoms with Crippen LogP contribution >= 0.6 is 0 Å². The largest absolute Gasteiger partial charge is 0.481 e. The van der Waals surface area contributed by atoms with Crippen LogP contribution in [0.3, 0.4) is 0 Å². The monoisotopic (exact) mass is 238 g/mol. The quantitative estimate of drug-likeness (QED) is 0.700. The molecule has 0 aliphatic heterocycles. The Morgan fingerprint density at radius 3 is 2.88 bits per heavy atom. The summed E-state index contributed by atoms with van der Waals surface area (Å²) in [6.45, 7) is 2.16. The zero-order valence-corrected chi connectivity index (χ0v) is 10.7. The van der Waals surface area contributed by atoms with Gasteiger partial charge in [0.25, 0.3) is 0 Å². The molecular weight excluding hydrogens is 216 g/mol. The normalized spacial score (nSPS) is 10.8. The minimum Gasteiger partial charge on any atom is -0.481 e. The zero-order chi connectivity index (χ0) is 12.5. The first-order valence-electron chi connectivity index (χ1n) is 6.05. The second-order valence-electron chi connectivity index (χ2n) is 4.19. The molecule has 0 atom stereocenters. The minimum atomic E-state index is 0.292. The lowest BCUT2D eigenvalue weighted by Gasteiger charge is -2.17. The lowest BCUT2D eigenvalue weighted by atomic mass is 10.2.